The van der Waals surface area contributed by atoms with Gasteiger partial charge in [0.05, 0.1) is 12.1 Å². The molecule has 0 radical (unpaired) electrons. The van der Waals surface area contributed by atoms with Crippen molar-refractivity contribution < 1.29 is 14.4 Å². The molecule has 0 saturated heterocycles. The van der Waals surface area contributed by atoms with Gasteiger partial charge in [0, 0.05) is 10.9 Å². The molecule has 2 aromatic rings. The van der Waals surface area contributed by atoms with Gasteiger partial charge in [-0.25, -0.2) is 0 Å². The van der Waals surface area contributed by atoms with Crippen LogP contribution >= 0.6 is 0 Å². The zero-order valence-corrected chi connectivity index (χ0v) is 9.93. The highest BCUT2D eigenvalue weighted by atomic mass is 16.5. The van der Waals surface area contributed by atoms with Gasteiger partial charge in [0.2, 0.25) is 0 Å². The number of aliphatic carboxylic acids is 1. The molecule has 0 aliphatic heterocycles. The van der Waals surface area contributed by atoms with Gasteiger partial charge in [-0.05, 0) is 18.4 Å². The van der Waals surface area contributed by atoms with Crippen molar-refractivity contribution in [3.05, 3.63) is 29.5 Å². The van der Waals surface area contributed by atoms with E-state index >= 15 is 0 Å². The molecule has 17 heavy (non-hydrogen) atoms. The fourth-order valence-corrected chi connectivity index (χ4v) is 1.91. The van der Waals surface area contributed by atoms with Crippen LogP contribution in [0.5, 0.6) is 0 Å². The van der Waals surface area contributed by atoms with Crippen LogP contribution in [0.4, 0.5) is 0 Å². The monoisotopic (exact) mass is 233 g/mol. The average molecular weight is 233 g/mol. The molecule has 4 nitrogen and oxygen atoms in total. The third-order valence-corrected chi connectivity index (χ3v) is 2.60. The standard InChI is InChI=1S/C13H15NO3/c1-8(2)6-11-10-5-3-4-9(7-12(15)16)13(10)17-14-11/h3-5,8H,6-7H2,1-2H3,(H,15,16). The Morgan fingerprint density at radius 2 is 2.24 bits per heavy atom. The van der Waals surface area contributed by atoms with Gasteiger partial charge in [-0.2, -0.15) is 0 Å². The summed E-state index contributed by atoms with van der Waals surface area (Å²) >= 11 is 0. The Balaban J connectivity index is 2.45. The fourth-order valence-electron chi connectivity index (χ4n) is 1.91. The largest absolute Gasteiger partial charge is 0.481 e. The predicted molar refractivity (Wildman–Crippen MR) is 63.9 cm³/mol. The van der Waals surface area contributed by atoms with Crippen LogP contribution in [-0.4, -0.2) is 16.2 Å². The van der Waals surface area contributed by atoms with Crippen LogP contribution in [0.25, 0.3) is 11.0 Å². The summed E-state index contributed by atoms with van der Waals surface area (Å²) in [4.78, 5) is 10.7. The van der Waals surface area contributed by atoms with Crippen molar-refractivity contribution in [2.24, 2.45) is 5.92 Å². The molecule has 4 heteroatoms. The maximum Gasteiger partial charge on any atom is 0.307 e. The minimum Gasteiger partial charge on any atom is -0.481 e. The fraction of sp³-hybridized carbons (Fsp3) is 0.385. The van der Waals surface area contributed by atoms with Crippen LogP contribution in [0.1, 0.15) is 25.1 Å². The van der Waals surface area contributed by atoms with E-state index in [0.717, 1.165) is 17.5 Å². The Morgan fingerprint density at radius 1 is 1.47 bits per heavy atom. The number of rotatable bonds is 4. The third kappa shape index (κ3) is 2.46. The zero-order chi connectivity index (χ0) is 12.4. The number of benzene rings is 1. The second-order valence-corrected chi connectivity index (χ2v) is 4.59. The molecule has 0 unspecified atom stereocenters. The molecular formula is C13H15NO3. The van der Waals surface area contributed by atoms with Crippen molar-refractivity contribution in [2.75, 3.05) is 0 Å². The van der Waals surface area contributed by atoms with Crippen LogP contribution in [0, 0.1) is 5.92 Å². The van der Waals surface area contributed by atoms with Gasteiger partial charge in [-0.1, -0.05) is 31.1 Å². The Morgan fingerprint density at radius 3 is 2.88 bits per heavy atom. The van der Waals surface area contributed by atoms with Crippen molar-refractivity contribution in [3.8, 4) is 0 Å². The van der Waals surface area contributed by atoms with Crippen LogP contribution in [-0.2, 0) is 17.6 Å². The lowest BCUT2D eigenvalue weighted by Crippen LogP contribution is -2.00. The Hall–Kier alpha value is -1.84. The second-order valence-electron chi connectivity index (χ2n) is 4.59. The number of hydrogen-bond donors (Lipinski definition) is 1. The van der Waals surface area contributed by atoms with Crippen molar-refractivity contribution in [1.29, 1.82) is 0 Å². The molecule has 0 amide bonds. The van der Waals surface area contributed by atoms with Crippen molar-refractivity contribution in [1.82, 2.24) is 5.16 Å². The van der Waals surface area contributed by atoms with Crippen molar-refractivity contribution >= 4 is 16.9 Å². The first-order valence-corrected chi connectivity index (χ1v) is 5.66. The quantitative estimate of drug-likeness (QED) is 0.881. The lowest BCUT2D eigenvalue weighted by Gasteiger charge is -2.00. The third-order valence-electron chi connectivity index (χ3n) is 2.60. The number of carboxylic acids is 1. The van der Waals surface area contributed by atoms with Crippen molar-refractivity contribution in [3.63, 3.8) is 0 Å². The van der Waals surface area contributed by atoms with Crippen LogP contribution < -0.4 is 0 Å². The smallest absolute Gasteiger partial charge is 0.307 e. The van der Waals surface area contributed by atoms with Gasteiger partial charge in [-0.3, -0.25) is 4.79 Å². The SMILES string of the molecule is CC(C)Cc1noc2c(CC(=O)O)cccc12. The number of aromatic nitrogens is 1. The summed E-state index contributed by atoms with van der Waals surface area (Å²) in [6, 6.07) is 5.54. The zero-order valence-electron chi connectivity index (χ0n) is 9.93. The predicted octanol–water partition coefficient (Wildman–Crippen LogP) is 2.65. The summed E-state index contributed by atoms with van der Waals surface area (Å²) in [5.74, 6) is -0.370. The summed E-state index contributed by atoms with van der Waals surface area (Å²) in [5.41, 5.74) is 2.19. The minimum atomic E-state index is -0.862. The van der Waals surface area contributed by atoms with E-state index in [4.69, 9.17) is 9.63 Å². The number of carboxylic acid groups (broad SMARTS) is 1. The first-order chi connectivity index (χ1) is 8.08. The molecule has 0 aliphatic rings. The van der Waals surface area contributed by atoms with Gasteiger partial charge < -0.3 is 9.63 Å². The Labute approximate surface area is 99.2 Å². The summed E-state index contributed by atoms with van der Waals surface area (Å²) in [6.07, 6.45) is 0.803. The summed E-state index contributed by atoms with van der Waals surface area (Å²) in [5, 5.41) is 13.8. The second kappa shape index (κ2) is 4.57. The lowest BCUT2D eigenvalue weighted by molar-refractivity contribution is -0.136. The highest BCUT2D eigenvalue weighted by Gasteiger charge is 2.14. The van der Waals surface area contributed by atoms with Crippen LogP contribution in [0.2, 0.25) is 0 Å². The van der Waals surface area contributed by atoms with E-state index in [1.54, 1.807) is 6.07 Å². The molecule has 90 valence electrons. The molecule has 1 aromatic heterocycles. The molecule has 0 aliphatic carbocycles. The molecule has 0 fully saturated rings. The molecular weight excluding hydrogens is 218 g/mol. The highest BCUT2D eigenvalue weighted by molar-refractivity contribution is 5.85. The molecule has 0 spiro atoms. The number of hydrogen-bond acceptors (Lipinski definition) is 3. The molecule has 0 bridgehead atoms. The van der Waals surface area contributed by atoms with E-state index < -0.39 is 5.97 Å². The Bertz CT molecular complexity index is 543. The van der Waals surface area contributed by atoms with Gasteiger partial charge in [0.25, 0.3) is 0 Å². The number of para-hydroxylation sites is 1. The molecule has 1 N–H and O–H groups in total. The first kappa shape index (κ1) is 11.6. The molecule has 0 atom stereocenters. The molecule has 1 aromatic carbocycles. The van der Waals surface area contributed by atoms with E-state index in [1.165, 1.54) is 0 Å². The topological polar surface area (TPSA) is 63.3 Å². The molecule has 2 rings (SSSR count). The number of nitrogens with zero attached hydrogens (tertiary/aromatic N) is 1. The lowest BCUT2D eigenvalue weighted by atomic mass is 10.0. The number of fused-ring (bicyclic) bond motifs is 1. The van der Waals surface area contributed by atoms with Crippen LogP contribution in [0.15, 0.2) is 22.7 Å². The van der Waals surface area contributed by atoms with Gasteiger partial charge in [-0.15, -0.1) is 0 Å². The average Bonchev–Trinajstić information content (AvgIpc) is 2.61. The summed E-state index contributed by atoms with van der Waals surface area (Å²) in [6.45, 7) is 4.23. The van der Waals surface area contributed by atoms with E-state index in [9.17, 15) is 4.79 Å². The maximum atomic E-state index is 10.7. The van der Waals surface area contributed by atoms with Crippen LogP contribution in [0.3, 0.4) is 0 Å². The van der Waals surface area contributed by atoms with E-state index in [2.05, 4.69) is 19.0 Å². The highest BCUT2D eigenvalue weighted by Crippen LogP contribution is 2.24. The van der Waals surface area contributed by atoms with E-state index in [1.807, 2.05) is 12.1 Å². The van der Waals surface area contributed by atoms with Gasteiger partial charge in [0.15, 0.2) is 5.58 Å². The first-order valence-electron chi connectivity index (χ1n) is 5.66. The summed E-state index contributed by atoms with van der Waals surface area (Å²) < 4.78 is 5.27. The summed E-state index contributed by atoms with van der Waals surface area (Å²) in [7, 11) is 0. The minimum absolute atomic E-state index is 0.0341. The van der Waals surface area contributed by atoms with Gasteiger partial charge >= 0.3 is 5.97 Å². The maximum absolute atomic E-state index is 10.7. The normalized spacial score (nSPS) is 11.2. The molecule has 0 saturated carbocycles. The number of carbonyl (C=O) groups is 1. The van der Waals surface area contributed by atoms with E-state index in [-0.39, 0.29) is 6.42 Å². The Kier molecular flexibility index (Phi) is 3.13. The van der Waals surface area contributed by atoms with E-state index in [0.29, 0.717) is 17.1 Å². The molecule has 1 heterocycles. The van der Waals surface area contributed by atoms with Crippen molar-refractivity contribution in [2.45, 2.75) is 26.7 Å². The van der Waals surface area contributed by atoms with Gasteiger partial charge in [0.1, 0.15) is 0 Å².